The number of likely N-dealkylation sites (tertiary alicyclic amines) is 1. The number of nitrogens with zero attached hydrogens (tertiary/aromatic N) is 5. The van der Waals surface area contributed by atoms with Crippen molar-refractivity contribution in [3.8, 4) is 0 Å². The lowest BCUT2D eigenvalue weighted by atomic mass is 9.93. The standard InChI is InChI=1S/C20H24N6O2/c1-3-16(14-7-5-4-6-8-14)20(28)25-11-9-15(10-12-25)26-18-17(23-24-26)19(27)22-13(2)21-18/h4-8,15-16H,3,9-12H2,1-2H3,(H,21,22,27). The average molecular weight is 380 g/mol. The maximum atomic E-state index is 13.1. The Balaban J connectivity index is 1.49. The molecule has 8 nitrogen and oxygen atoms in total. The zero-order valence-corrected chi connectivity index (χ0v) is 16.1. The van der Waals surface area contributed by atoms with Gasteiger partial charge in [0.2, 0.25) is 5.91 Å². The molecule has 0 spiro atoms. The second kappa shape index (κ2) is 7.53. The Morgan fingerprint density at radius 2 is 1.96 bits per heavy atom. The first kappa shape index (κ1) is 18.3. The van der Waals surface area contributed by atoms with E-state index < -0.39 is 0 Å². The number of piperidine rings is 1. The molecule has 1 aromatic carbocycles. The van der Waals surface area contributed by atoms with Crippen molar-refractivity contribution in [2.75, 3.05) is 13.1 Å². The molecule has 0 radical (unpaired) electrons. The molecule has 8 heteroatoms. The molecule has 146 valence electrons. The molecule has 1 aliphatic heterocycles. The number of aromatic amines is 1. The van der Waals surface area contributed by atoms with E-state index in [1.54, 1.807) is 11.6 Å². The number of carbonyl (C=O) groups is 1. The van der Waals surface area contributed by atoms with E-state index in [0.29, 0.717) is 24.6 Å². The van der Waals surface area contributed by atoms with Crippen LogP contribution in [-0.4, -0.2) is 48.9 Å². The molecular formula is C20H24N6O2. The molecule has 28 heavy (non-hydrogen) atoms. The predicted octanol–water partition coefficient (Wildman–Crippen LogP) is 2.18. The van der Waals surface area contributed by atoms with Crippen molar-refractivity contribution in [3.63, 3.8) is 0 Å². The van der Waals surface area contributed by atoms with Crippen LogP contribution in [0.1, 0.15) is 49.5 Å². The molecule has 2 aromatic heterocycles. The Morgan fingerprint density at radius 1 is 1.25 bits per heavy atom. The van der Waals surface area contributed by atoms with Crippen LogP contribution in [0.2, 0.25) is 0 Å². The maximum Gasteiger partial charge on any atom is 0.281 e. The summed E-state index contributed by atoms with van der Waals surface area (Å²) >= 11 is 0. The first-order valence-electron chi connectivity index (χ1n) is 9.74. The van der Waals surface area contributed by atoms with Crippen LogP contribution in [-0.2, 0) is 4.79 Å². The van der Waals surface area contributed by atoms with Crippen molar-refractivity contribution in [1.82, 2.24) is 29.9 Å². The normalized spacial score (nSPS) is 16.4. The van der Waals surface area contributed by atoms with Crippen LogP contribution in [0, 0.1) is 6.92 Å². The van der Waals surface area contributed by atoms with E-state index in [4.69, 9.17) is 0 Å². The lowest BCUT2D eigenvalue weighted by Gasteiger charge is -2.34. The molecular weight excluding hydrogens is 356 g/mol. The summed E-state index contributed by atoms with van der Waals surface area (Å²) in [4.78, 5) is 34.1. The second-order valence-electron chi connectivity index (χ2n) is 7.29. The molecule has 0 aliphatic carbocycles. The lowest BCUT2D eigenvalue weighted by molar-refractivity contribution is -0.134. The summed E-state index contributed by atoms with van der Waals surface area (Å²) in [5, 5.41) is 8.17. The number of H-pyrrole nitrogens is 1. The van der Waals surface area contributed by atoms with E-state index in [2.05, 4.69) is 27.2 Å². The number of aryl methyl sites for hydroxylation is 1. The van der Waals surface area contributed by atoms with E-state index in [1.807, 2.05) is 35.2 Å². The van der Waals surface area contributed by atoms with E-state index in [0.717, 1.165) is 24.8 Å². The summed E-state index contributed by atoms with van der Waals surface area (Å²) in [5.41, 5.74) is 1.58. The quantitative estimate of drug-likeness (QED) is 0.748. The largest absolute Gasteiger partial charge is 0.342 e. The number of aromatic nitrogens is 5. The van der Waals surface area contributed by atoms with Crippen LogP contribution in [0.25, 0.3) is 11.2 Å². The minimum atomic E-state index is -0.269. The second-order valence-corrected chi connectivity index (χ2v) is 7.29. The zero-order valence-electron chi connectivity index (χ0n) is 16.1. The monoisotopic (exact) mass is 380 g/mol. The van der Waals surface area contributed by atoms with Crippen LogP contribution in [0.3, 0.4) is 0 Å². The van der Waals surface area contributed by atoms with Gasteiger partial charge in [-0.1, -0.05) is 42.5 Å². The summed E-state index contributed by atoms with van der Waals surface area (Å²) in [6, 6.07) is 10.0. The van der Waals surface area contributed by atoms with Crippen molar-refractivity contribution in [3.05, 3.63) is 52.1 Å². The molecule has 1 unspecified atom stereocenters. The van der Waals surface area contributed by atoms with Gasteiger partial charge in [-0.25, -0.2) is 9.67 Å². The van der Waals surface area contributed by atoms with Crippen LogP contribution in [0.15, 0.2) is 35.1 Å². The Hall–Kier alpha value is -3.03. The Labute approximate surface area is 162 Å². The SMILES string of the molecule is CCC(C(=O)N1CCC(n2nnc3c(=O)[nH]c(C)nc32)CC1)c1ccccc1. The molecule has 3 aromatic rings. The van der Waals surface area contributed by atoms with Gasteiger partial charge in [-0.3, -0.25) is 9.59 Å². The number of hydrogen-bond donors (Lipinski definition) is 1. The molecule has 0 saturated carbocycles. The number of nitrogens with one attached hydrogen (secondary N) is 1. The highest BCUT2D eigenvalue weighted by Crippen LogP contribution is 2.28. The third kappa shape index (κ3) is 3.30. The third-order valence-corrected chi connectivity index (χ3v) is 5.48. The summed E-state index contributed by atoms with van der Waals surface area (Å²) in [7, 11) is 0. The van der Waals surface area contributed by atoms with Gasteiger partial charge in [-0.15, -0.1) is 5.10 Å². The fraction of sp³-hybridized carbons (Fsp3) is 0.450. The summed E-state index contributed by atoms with van der Waals surface area (Å²) in [6.45, 7) is 5.12. The summed E-state index contributed by atoms with van der Waals surface area (Å²) in [6.07, 6.45) is 2.31. The molecule has 1 amide bonds. The number of benzene rings is 1. The smallest absolute Gasteiger partial charge is 0.281 e. The van der Waals surface area contributed by atoms with E-state index >= 15 is 0 Å². The topological polar surface area (TPSA) is 96.8 Å². The molecule has 1 N–H and O–H groups in total. The Morgan fingerprint density at radius 3 is 2.64 bits per heavy atom. The highest BCUT2D eigenvalue weighted by Gasteiger charge is 2.30. The van der Waals surface area contributed by atoms with Crippen LogP contribution >= 0.6 is 0 Å². The van der Waals surface area contributed by atoms with Crippen molar-refractivity contribution < 1.29 is 4.79 Å². The maximum absolute atomic E-state index is 13.1. The van der Waals surface area contributed by atoms with Gasteiger partial charge in [0.1, 0.15) is 5.82 Å². The van der Waals surface area contributed by atoms with E-state index in [1.165, 1.54) is 0 Å². The molecule has 1 saturated heterocycles. The molecule has 1 atom stereocenters. The van der Waals surface area contributed by atoms with Gasteiger partial charge < -0.3 is 9.88 Å². The number of carbonyl (C=O) groups excluding carboxylic acids is 1. The van der Waals surface area contributed by atoms with E-state index in [-0.39, 0.29) is 28.9 Å². The molecule has 1 fully saturated rings. The van der Waals surface area contributed by atoms with Gasteiger partial charge >= 0.3 is 0 Å². The van der Waals surface area contributed by atoms with Crippen LogP contribution in [0.5, 0.6) is 0 Å². The van der Waals surface area contributed by atoms with Crippen molar-refractivity contribution in [2.24, 2.45) is 0 Å². The van der Waals surface area contributed by atoms with Gasteiger partial charge in [-0.2, -0.15) is 0 Å². The van der Waals surface area contributed by atoms with Gasteiger partial charge in [0.25, 0.3) is 5.56 Å². The molecule has 4 rings (SSSR count). The molecule has 1 aliphatic rings. The molecule has 0 bridgehead atoms. The highest BCUT2D eigenvalue weighted by molar-refractivity contribution is 5.83. The first-order chi connectivity index (χ1) is 13.6. The molecule has 3 heterocycles. The van der Waals surface area contributed by atoms with Crippen LogP contribution in [0.4, 0.5) is 0 Å². The number of amides is 1. The Kier molecular flexibility index (Phi) is 4.93. The number of hydrogen-bond acceptors (Lipinski definition) is 5. The fourth-order valence-corrected chi connectivity index (χ4v) is 3.99. The zero-order chi connectivity index (χ0) is 19.7. The lowest BCUT2D eigenvalue weighted by Crippen LogP contribution is -2.41. The predicted molar refractivity (Wildman–Crippen MR) is 105 cm³/mol. The van der Waals surface area contributed by atoms with Gasteiger partial charge in [0.05, 0.1) is 12.0 Å². The number of rotatable bonds is 4. The summed E-state index contributed by atoms with van der Waals surface area (Å²) < 4.78 is 1.74. The fourth-order valence-electron chi connectivity index (χ4n) is 3.99. The third-order valence-electron chi connectivity index (χ3n) is 5.48. The average Bonchev–Trinajstić information content (AvgIpc) is 3.13. The first-order valence-corrected chi connectivity index (χ1v) is 9.74. The minimum absolute atomic E-state index is 0.0829. The summed E-state index contributed by atoms with van der Waals surface area (Å²) in [5.74, 6) is 0.621. The van der Waals surface area contributed by atoms with Crippen LogP contribution < -0.4 is 5.56 Å². The Bertz CT molecular complexity index is 1030. The minimum Gasteiger partial charge on any atom is -0.342 e. The van der Waals surface area contributed by atoms with Crippen molar-refractivity contribution >= 4 is 17.1 Å². The number of fused-ring (bicyclic) bond motifs is 1. The van der Waals surface area contributed by atoms with E-state index in [9.17, 15) is 9.59 Å². The van der Waals surface area contributed by atoms with Gasteiger partial charge in [-0.05, 0) is 31.7 Å². The van der Waals surface area contributed by atoms with Gasteiger partial charge in [0, 0.05) is 13.1 Å². The van der Waals surface area contributed by atoms with Crippen molar-refractivity contribution in [2.45, 2.75) is 45.1 Å². The van der Waals surface area contributed by atoms with Crippen molar-refractivity contribution in [1.29, 1.82) is 0 Å². The van der Waals surface area contributed by atoms with Gasteiger partial charge in [0.15, 0.2) is 11.2 Å². The highest BCUT2D eigenvalue weighted by atomic mass is 16.2.